The molecule has 1 aromatic carbocycles. The van der Waals surface area contributed by atoms with Gasteiger partial charge in [-0.05, 0) is 36.5 Å². The van der Waals surface area contributed by atoms with E-state index in [-0.39, 0.29) is 5.91 Å². The van der Waals surface area contributed by atoms with Gasteiger partial charge in [-0.1, -0.05) is 31.4 Å². The molecular weight excluding hydrogens is 270 g/mol. The second-order valence-electron chi connectivity index (χ2n) is 5.49. The van der Waals surface area contributed by atoms with Crippen molar-refractivity contribution in [2.45, 2.75) is 38.0 Å². The molecule has 1 atom stereocenters. The third-order valence-corrected chi connectivity index (χ3v) is 4.70. The molecule has 110 valence electrons. The minimum absolute atomic E-state index is 0.0781. The number of hydrogen-bond acceptors (Lipinski definition) is 2. The Morgan fingerprint density at radius 2 is 1.85 bits per heavy atom. The van der Waals surface area contributed by atoms with E-state index in [0.717, 1.165) is 0 Å². The lowest BCUT2D eigenvalue weighted by atomic mass is 9.84. The van der Waals surface area contributed by atoms with Crippen LogP contribution in [0.15, 0.2) is 24.3 Å². The van der Waals surface area contributed by atoms with Crippen LogP contribution in [0.2, 0.25) is 0 Å². The predicted octanol–water partition coefficient (Wildman–Crippen LogP) is 2.84. The Morgan fingerprint density at radius 3 is 2.45 bits per heavy atom. The van der Waals surface area contributed by atoms with Gasteiger partial charge in [-0.3, -0.25) is 9.00 Å². The van der Waals surface area contributed by atoms with E-state index in [9.17, 15) is 9.00 Å². The van der Waals surface area contributed by atoms with Crippen LogP contribution < -0.4 is 5.32 Å². The van der Waals surface area contributed by atoms with Crippen LogP contribution in [0.25, 0.3) is 0 Å². The largest absolute Gasteiger partial charge is 0.351 e. The minimum Gasteiger partial charge on any atom is -0.351 e. The Labute approximate surface area is 123 Å². The smallest absolute Gasteiger partial charge is 0.251 e. The van der Waals surface area contributed by atoms with E-state index in [4.69, 9.17) is 0 Å². The Kier molecular flexibility index (Phi) is 5.77. The van der Waals surface area contributed by atoms with E-state index < -0.39 is 10.8 Å². The molecule has 3 nitrogen and oxygen atoms in total. The van der Waals surface area contributed by atoms with E-state index in [1.807, 2.05) is 12.1 Å². The van der Waals surface area contributed by atoms with Gasteiger partial charge < -0.3 is 5.32 Å². The van der Waals surface area contributed by atoms with Gasteiger partial charge in [0.05, 0.1) is 0 Å². The lowest BCUT2D eigenvalue weighted by Crippen LogP contribution is -2.27. The summed E-state index contributed by atoms with van der Waals surface area (Å²) < 4.78 is 10.9. The fraction of sp³-hybridized carbons (Fsp3) is 0.562. The monoisotopic (exact) mass is 293 g/mol. The third kappa shape index (κ3) is 4.44. The van der Waals surface area contributed by atoms with Gasteiger partial charge in [0, 0.05) is 34.9 Å². The molecule has 0 saturated heterocycles. The molecule has 1 N–H and O–H groups in total. The van der Waals surface area contributed by atoms with Crippen molar-refractivity contribution in [2.75, 3.05) is 18.6 Å². The summed E-state index contributed by atoms with van der Waals surface area (Å²) in [4.78, 5) is 11.9. The topological polar surface area (TPSA) is 46.2 Å². The molecule has 1 amide bonds. The van der Waals surface area contributed by atoms with Gasteiger partial charge in [-0.15, -0.1) is 0 Å². The number of hydrogen-bond donors (Lipinski definition) is 1. The van der Waals surface area contributed by atoms with Gasteiger partial charge in [-0.2, -0.15) is 0 Å². The minimum atomic E-state index is -0.860. The lowest BCUT2D eigenvalue weighted by molar-refractivity contribution is 0.0956. The zero-order chi connectivity index (χ0) is 14.4. The fourth-order valence-corrected chi connectivity index (χ4v) is 3.14. The quantitative estimate of drug-likeness (QED) is 0.907. The molecule has 4 heteroatoms. The molecule has 0 heterocycles. The standard InChI is InChI=1S/C16H23NO2S/c1-20(19)12-11-17-16(18)15-9-7-14(8-10-15)13-5-3-2-4-6-13/h7-10,13H,2-6,11-12H2,1H3,(H,17,18). The highest BCUT2D eigenvalue weighted by atomic mass is 32.2. The molecule has 0 spiro atoms. The molecule has 1 aliphatic rings. The number of nitrogens with one attached hydrogen (secondary N) is 1. The fourth-order valence-electron chi connectivity index (χ4n) is 2.75. The molecule has 0 aromatic heterocycles. The Morgan fingerprint density at radius 1 is 1.20 bits per heavy atom. The van der Waals surface area contributed by atoms with Crippen molar-refractivity contribution in [1.29, 1.82) is 0 Å². The SMILES string of the molecule is CS(=O)CCNC(=O)c1ccc(C2CCCCC2)cc1. The Balaban J connectivity index is 1.90. The molecule has 1 aliphatic carbocycles. The van der Waals surface area contributed by atoms with Gasteiger partial charge in [0.25, 0.3) is 5.91 Å². The zero-order valence-corrected chi connectivity index (χ0v) is 12.9. The van der Waals surface area contributed by atoms with Crippen molar-refractivity contribution in [1.82, 2.24) is 5.32 Å². The van der Waals surface area contributed by atoms with Crippen molar-refractivity contribution in [3.05, 3.63) is 35.4 Å². The summed E-state index contributed by atoms with van der Waals surface area (Å²) in [5.41, 5.74) is 2.04. The molecule has 1 unspecified atom stereocenters. The van der Waals surface area contributed by atoms with Crippen LogP contribution in [0.5, 0.6) is 0 Å². The van der Waals surface area contributed by atoms with E-state index in [1.54, 1.807) is 6.26 Å². The maximum Gasteiger partial charge on any atom is 0.251 e. The number of carbonyl (C=O) groups excluding carboxylic acids is 1. The van der Waals surface area contributed by atoms with Crippen LogP contribution in [0, 0.1) is 0 Å². The van der Waals surface area contributed by atoms with Crippen LogP contribution in [-0.4, -0.2) is 28.7 Å². The summed E-state index contributed by atoms with van der Waals surface area (Å²) in [6.45, 7) is 0.465. The van der Waals surface area contributed by atoms with Gasteiger partial charge in [-0.25, -0.2) is 0 Å². The number of carbonyl (C=O) groups is 1. The number of benzene rings is 1. The lowest BCUT2D eigenvalue weighted by Gasteiger charge is -2.22. The van der Waals surface area contributed by atoms with Gasteiger partial charge >= 0.3 is 0 Å². The third-order valence-electron chi connectivity index (χ3n) is 3.92. The number of rotatable bonds is 5. The van der Waals surface area contributed by atoms with Crippen molar-refractivity contribution in [2.24, 2.45) is 0 Å². The second kappa shape index (κ2) is 7.58. The first kappa shape index (κ1) is 15.2. The van der Waals surface area contributed by atoms with E-state index >= 15 is 0 Å². The van der Waals surface area contributed by atoms with Gasteiger partial charge in [0.2, 0.25) is 0 Å². The average molecular weight is 293 g/mol. The van der Waals surface area contributed by atoms with Crippen LogP contribution in [0.1, 0.15) is 53.9 Å². The van der Waals surface area contributed by atoms with Crippen molar-refractivity contribution in [3.8, 4) is 0 Å². The molecule has 0 aliphatic heterocycles. The molecule has 0 radical (unpaired) electrons. The summed E-state index contributed by atoms with van der Waals surface area (Å²) in [5.74, 6) is 1.10. The van der Waals surface area contributed by atoms with Crippen LogP contribution >= 0.6 is 0 Å². The summed E-state index contributed by atoms with van der Waals surface area (Å²) in [5, 5.41) is 2.80. The molecule has 0 bridgehead atoms. The number of amides is 1. The first-order valence-corrected chi connectivity index (χ1v) is 9.07. The highest BCUT2D eigenvalue weighted by Gasteiger charge is 2.15. The molecular formula is C16H23NO2S. The van der Waals surface area contributed by atoms with E-state index in [0.29, 0.717) is 23.8 Å². The predicted molar refractivity (Wildman–Crippen MR) is 83.5 cm³/mol. The highest BCUT2D eigenvalue weighted by molar-refractivity contribution is 7.84. The first-order valence-electron chi connectivity index (χ1n) is 7.35. The molecule has 1 fully saturated rings. The van der Waals surface area contributed by atoms with Crippen molar-refractivity contribution < 1.29 is 9.00 Å². The van der Waals surface area contributed by atoms with Gasteiger partial charge in [0.1, 0.15) is 0 Å². The molecule has 2 rings (SSSR count). The second-order valence-corrected chi connectivity index (χ2v) is 7.04. The van der Waals surface area contributed by atoms with Crippen LogP contribution in [0.3, 0.4) is 0 Å². The summed E-state index contributed by atoms with van der Waals surface area (Å²) in [6, 6.07) is 7.98. The van der Waals surface area contributed by atoms with Crippen LogP contribution in [-0.2, 0) is 10.8 Å². The van der Waals surface area contributed by atoms with E-state index in [2.05, 4.69) is 17.4 Å². The normalized spacial score (nSPS) is 17.6. The first-order chi connectivity index (χ1) is 9.66. The van der Waals surface area contributed by atoms with Crippen molar-refractivity contribution >= 4 is 16.7 Å². The molecule has 20 heavy (non-hydrogen) atoms. The maximum atomic E-state index is 11.9. The summed E-state index contributed by atoms with van der Waals surface area (Å²) >= 11 is 0. The molecule has 1 saturated carbocycles. The Bertz CT molecular complexity index is 464. The highest BCUT2D eigenvalue weighted by Crippen LogP contribution is 2.32. The summed E-state index contributed by atoms with van der Waals surface area (Å²) in [7, 11) is -0.860. The average Bonchev–Trinajstić information content (AvgIpc) is 2.48. The van der Waals surface area contributed by atoms with Crippen molar-refractivity contribution in [3.63, 3.8) is 0 Å². The van der Waals surface area contributed by atoms with Crippen LogP contribution in [0.4, 0.5) is 0 Å². The van der Waals surface area contributed by atoms with Gasteiger partial charge in [0.15, 0.2) is 0 Å². The van der Waals surface area contributed by atoms with E-state index in [1.165, 1.54) is 37.7 Å². The molecule has 1 aromatic rings. The maximum absolute atomic E-state index is 11.9. The Hall–Kier alpha value is -1.16. The summed E-state index contributed by atoms with van der Waals surface area (Å²) in [6.07, 6.45) is 8.19. The zero-order valence-electron chi connectivity index (χ0n) is 12.1.